The molecule has 0 radical (unpaired) electrons. The minimum Gasteiger partial charge on any atom is -0.493 e. The Morgan fingerprint density at radius 3 is 2.48 bits per heavy atom. The Morgan fingerprint density at radius 1 is 1.00 bits per heavy atom. The van der Waals surface area contributed by atoms with E-state index < -0.39 is 0 Å². The van der Waals surface area contributed by atoms with E-state index in [0.717, 1.165) is 17.7 Å². The molecule has 4 nitrogen and oxygen atoms in total. The highest BCUT2D eigenvalue weighted by Gasteiger charge is 2.07. The van der Waals surface area contributed by atoms with Crippen LogP contribution in [-0.4, -0.2) is 20.1 Å². The Kier molecular flexibility index (Phi) is 6.03. The van der Waals surface area contributed by atoms with Gasteiger partial charge in [-0.15, -0.1) is 0 Å². The van der Waals surface area contributed by atoms with Crippen molar-refractivity contribution in [2.45, 2.75) is 26.2 Å². The van der Waals surface area contributed by atoms with E-state index in [-0.39, 0.29) is 5.91 Å². The highest BCUT2D eigenvalue weighted by atomic mass is 16.5. The van der Waals surface area contributed by atoms with Gasteiger partial charge in [0.15, 0.2) is 11.5 Å². The van der Waals surface area contributed by atoms with Gasteiger partial charge >= 0.3 is 0 Å². The van der Waals surface area contributed by atoms with Crippen molar-refractivity contribution in [1.82, 2.24) is 0 Å². The van der Waals surface area contributed by atoms with Crippen molar-refractivity contribution >= 4 is 11.6 Å². The van der Waals surface area contributed by atoms with E-state index in [1.807, 2.05) is 36.4 Å². The highest BCUT2D eigenvalue weighted by molar-refractivity contribution is 5.90. The molecule has 122 valence electrons. The van der Waals surface area contributed by atoms with E-state index in [0.29, 0.717) is 24.3 Å². The molecule has 0 heterocycles. The van der Waals surface area contributed by atoms with Crippen LogP contribution in [0.2, 0.25) is 0 Å². The number of benzene rings is 2. The molecule has 0 bridgehead atoms. The summed E-state index contributed by atoms with van der Waals surface area (Å²) in [6.07, 6.45) is 2.03. The van der Waals surface area contributed by atoms with Gasteiger partial charge in [0.1, 0.15) is 0 Å². The lowest BCUT2D eigenvalue weighted by atomic mass is 10.1. The van der Waals surface area contributed by atoms with Crippen LogP contribution in [0.3, 0.4) is 0 Å². The predicted molar refractivity (Wildman–Crippen MR) is 92.3 cm³/mol. The molecular weight excluding hydrogens is 290 g/mol. The van der Waals surface area contributed by atoms with Crippen LogP contribution < -0.4 is 14.8 Å². The molecule has 0 saturated carbocycles. The van der Waals surface area contributed by atoms with Crippen LogP contribution in [0.1, 0.15) is 24.5 Å². The van der Waals surface area contributed by atoms with Crippen molar-refractivity contribution in [2.75, 3.05) is 19.5 Å². The summed E-state index contributed by atoms with van der Waals surface area (Å²) in [4.78, 5) is 12.1. The van der Waals surface area contributed by atoms with Crippen LogP contribution in [0.15, 0.2) is 42.5 Å². The fourth-order valence-corrected chi connectivity index (χ4v) is 2.39. The van der Waals surface area contributed by atoms with Crippen molar-refractivity contribution in [3.8, 4) is 11.5 Å². The second kappa shape index (κ2) is 8.22. The van der Waals surface area contributed by atoms with E-state index in [4.69, 9.17) is 9.47 Å². The molecule has 0 aliphatic carbocycles. The smallest absolute Gasteiger partial charge is 0.224 e. The molecule has 0 fully saturated rings. The van der Waals surface area contributed by atoms with Crippen molar-refractivity contribution in [1.29, 1.82) is 0 Å². The van der Waals surface area contributed by atoms with E-state index in [1.54, 1.807) is 14.2 Å². The first-order chi connectivity index (χ1) is 11.2. The summed E-state index contributed by atoms with van der Waals surface area (Å²) >= 11 is 0. The third-order valence-electron chi connectivity index (χ3n) is 3.71. The predicted octanol–water partition coefficient (Wildman–Crippen LogP) is 3.84. The van der Waals surface area contributed by atoms with Crippen LogP contribution in [-0.2, 0) is 17.6 Å². The SMILES string of the molecule is CCc1cccc(NC(=O)CCc2ccc(OC)c(OC)c2)c1. The van der Waals surface area contributed by atoms with Gasteiger partial charge in [0.2, 0.25) is 5.91 Å². The first kappa shape index (κ1) is 16.9. The maximum atomic E-state index is 12.1. The van der Waals surface area contributed by atoms with E-state index in [9.17, 15) is 4.79 Å². The Morgan fingerprint density at radius 2 is 1.78 bits per heavy atom. The number of hydrogen-bond acceptors (Lipinski definition) is 3. The maximum Gasteiger partial charge on any atom is 0.224 e. The van der Waals surface area contributed by atoms with Gasteiger partial charge in [-0.25, -0.2) is 0 Å². The Bertz CT molecular complexity index is 667. The van der Waals surface area contributed by atoms with Crippen LogP contribution in [0.5, 0.6) is 11.5 Å². The minimum absolute atomic E-state index is 0.00744. The number of rotatable bonds is 7. The quantitative estimate of drug-likeness (QED) is 0.845. The second-order valence-electron chi connectivity index (χ2n) is 5.29. The zero-order valence-corrected chi connectivity index (χ0v) is 13.9. The minimum atomic E-state index is 0.00744. The molecule has 2 rings (SSSR count). The van der Waals surface area contributed by atoms with Crippen molar-refractivity contribution in [2.24, 2.45) is 0 Å². The van der Waals surface area contributed by atoms with Crippen molar-refractivity contribution in [3.63, 3.8) is 0 Å². The van der Waals surface area contributed by atoms with Gasteiger partial charge in [0.05, 0.1) is 14.2 Å². The number of anilines is 1. The Balaban J connectivity index is 1.93. The summed E-state index contributed by atoms with van der Waals surface area (Å²) < 4.78 is 10.5. The first-order valence-corrected chi connectivity index (χ1v) is 7.76. The molecule has 1 amide bonds. The van der Waals surface area contributed by atoms with Crippen LogP contribution in [0.4, 0.5) is 5.69 Å². The van der Waals surface area contributed by atoms with Gasteiger partial charge in [0.25, 0.3) is 0 Å². The molecule has 0 aliphatic heterocycles. The molecule has 0 atom stereocenters. The number of amides is 1. The van der Waals surface area contributed by atoms with Gasteiger partial charge in [0, 0.05) is 12.1 Å². The number of hydrogen-bond donors (Lipinski definition) is 1. The number of aryl methyl sites for hydroxylation is 2. The number of ether oxygens (including phenoxy) is 2. The number of carbonyl (C=O) groups is 1. The molecule has 0 saturated heterocycles. The van der Waals surface area contributed by atoms with E-state index >= 15 is 0 Å². The summed E-state index contributed by atoms with van der Waals surface area (Å²) in [5, 5.41) is 2.94. The standard InChI is InChI=1S/C19H23NO3/c1-4-14-6-5-7-16(12-14)20-19(21)11-9-15-8-10-17(22-2)18(13-15)23-3/h5-8,10,12-13H,4,9,11H2,1-3H3,(H,20,21). The molecule has 23 heavy (non-hydrogen) atoms. The molecule has 0 aromatic heterocycles. The Labute approximate surface area is 137 Å². The Hall–Kier alpha value is -2.49. The molecule has 0 unspecified atom stereocenters. The van der Waals surface area contributed by atoms with Gasteiger partial charge in [-0.1, -0.05) is 25.1 Å². The third-order valence-corrected chi connectivity index (χ3v) is 3.71. The fourth-order valence-electron chi connectivity index (χ4n) is 2.39. The number of methoxy groups -OCH3 is 2. The van der Waals surface area contributed by atoms with Gasteiger partial charge in [-0.3, -0.25) is 4.79 Å². The van der Waals surface area contributed by atoms with Crippen LogP contribution in [0.25, 0.3) is 0 Å². The summed E-state index contributed by atoms with van der Waals surface area (Å²) in [6, 6.07) is 13.6. The average molecular weight is 313 g/mol. The van der Waals surface area contributed by atoms with Gasteiger partial charge in [-0.05, 0) is 48.2 Å². The monoisotopic (exact) mass is 313 g/mol. The van der Waals surface area contributed by atoms with E-state index in [2.05, 4.69) is 18.3 Å². The molecular formula is C19H23NO3. The normalized spacial score (nSPS) is 10.2. The zero-order valence-electron chi connectivity index (χ0n) is 13.9. The van der Waals surface area contributed by atoms with Crippen molar-refractivity contribution in [3.05, 3.63) is 53.6 Å². The number of nitrogens with one attached hydrogen (secondary N) is 1. The first-order valence-electron chi connectivity index (χ1n) is 7.76. The lowest BCUT2D eigenvalue weighted by Gasteiger charge is -2.10. The van der Waals surface area contributed by atoms with E-state index in [1.165, 1.54) is 5.56 Å². The lowest BCUT2D eigenvalue weighted by molar-refractivity contribution is -0.116. The second-order valence-corrected chi connectivity index (χ2v) is 5.29. The molecule has 0 spiro atoms. The average Bonchev–Trinajstić information content (AvgIpc) is 2.59. The molecule has 2 aromatic rings. The van der Waals surface area contributed by atoms with Gasteiger partial charge < -0.3 is 14.8 Å². The van der Waals surface area contributed by atoms with Gasteiger partial charge in [-0.2, -0.15) is 0 Å². The molecule has 0 aliphatic rings. The van der Waals surface area contributed by atoms with Crippen LogP contribution >= 0.6 is 0 Å². The molecule has 2 aromatic carbocycles. The summed E-state index contributed by atoms with van der Waals surface area (Å²) in [5.41, 5.74) is 3.10. The molecule has 4 heteroatoms. The maximum absolute atomic E-state index is 12.1. The largest absolute Gasteiger partial charge is 0.493 e. The fraction of sp³-hybridized carbons (Fsp3) is 0.316. The highest BCUT2D eigenvalue weighted by Crippen LogP contribution is 2.28. The summed E-state index contributed by atoms with van der Waals surface area (Å²) in [7, 11) is 3.21. The third kappa shape index (κ3) is 4.74. The summed E-state index contributed by atoms with van der Waals surface area (Å²) in [6.45, 7) is 2.10. The van der Waals surface area contributed by atoms with Crippen LogP contribution in [0, 0.1) is 0 Å². The topological polar surface area (TPSA) is 47.6 Å². The zero-order chi connectivity index (χ0) is 16.7. The van der Waals surface area contributed by atoms with Crippen molar-refractivity contribution < 1.29 is 14.3 Å². The number of carbonyl (C=O) groups excluding carboxylic acids is 1. The molecule has 1 N–H and O–H groups in total. The summed E-state index contributed by atoms with van der Waals surface area (Å²) in [5.74, 6) is 1.38. The lowest BCUT2D eigenvalue weighted by Crippen LogP contribution is -2.12.